The second-order valence-electron chi connectivity index (χ2n) is 3.27. The van der Waals surface area contributed by atoms with E-state index in [1.165, 1.54) is 5.69 Å². The van der Waals surface area contributed by atoms with Gasteiger partial charge in [-0.1, -0.05) is 13.2 Å². The molecule has 0 unspecified atom stereocenters. The summed E-state index contributed by atoms with van der Waals surface area (Å²) in [6.45, 7) is 9.69. The zero-order valence-corrected chi connectivity index (χ0v) is 7.53. The molecular weight excluding hydrogens is 160 g/mol. The summed E-state index contributed by atoms with van der Waals surface area (Å²) in [6.07, 6.45) is 3.61. The lowest BCUT2D eigenvalue weighted by Crippen LogP contribution is -2.17. The molecule has 1 saturated heterocycles. The monoisotopic (exact) mass is 172 g/mol. The summed E-state index contributed by atoms with van der Waals surface area (Å²) in [5.41, 5.74) is 3.46. The Morgan fingerprint density at radius 2 is 1.62 bits per heavy atom. The molecule has 0 amide bonds. The SMILES string of the molecule is C=C1CN(c2ccncc2)CC1=C. The fraction of sp³-hybridized carbons (Fsp3) is 0.182. The summed E-state index contributed by atoms with van der Waals surface area (Å²) in [7, 11) is 0. The third-order valence-corrected chi connectivity index (χ3v) is 2.29. The minimum absolute atomic E-state index is 0.892. The highest BCUT2D eigenvalue weighted by atomic mass is 15.1. The van der Waals surface area contributed by atoms with E-state index in [1.54, 1.807) is 12.4 Å². The average Bonchev–Trinajstić information content (AvgIpc) is 2.49. The summed E-state index contributed by atoms with van der Waals surface area (Å²) in [6, 6.07) is 4.01. The summed E-state index contributed by atoms with van der Waals surface area (Å²) in [4.78, 5) is 6.23. The Labute approximate surface area is 78.2 Å². The zero-order chi connectivity index (χ0) is 9.26. The first kappa shape index (κ1) is 8.05. The molecule has 0 saturated carbocycles. The maximum atomic E-state index is 3.98. The van der Waals surface area contributed by atoms with Gasteiger partial charge in [0, 0.05) is 31.2 Å². The molecule has 0 aliphatic carbocycles. The van der Waals surface area contributed by atoms with Crippen LogP contribution in [0.4, 0.5) is 5.69 Å². The minimum atomic E-state index is 0.892. The van der Waals surface area contributed by atoms with Gasteiger partial charge in [0.05, 0.1) is 0 Å². The molecule has 1 aliphatic rings. The molecule has 2 heteroatoms. The van der Waals surface area contributed by atoms with Crippen molar-refractivity contribution in [3.63, 3.8) is 0 Å². The van der Waals surface area contributed by atoms with E-state index in [0.29, 0.717) is 0 Å². The Bertz CT molecular complexity index is 324. The largest absolute Gasteiger partial charge is 0.363 e. The van der Waals surface area contributed by atoms with Crippen LogP contribution in [0.25, 0.3) is 0 Å². The van der Waals surface area contributed by atoms with Gasteiger partial charge in [-0.05, 0) is 23.3 Å². The number of nitrogens with zero attached hydrogens (tertiary/aromatic N) is 2. The van der Waals surface area contributed by atoms with E-state index < -0.39 is 0 Å². The maximum absolute atomic E-state index is 3.98. The van der Waals surface area contributed by atoms with Crippen molar-refractivity contribution in [1.82, 2.24) is 4.98 Å². The number of hydrogen-bond acceptors (Lipinski definition) is 2. The number of rotatable bonds is 1. The van der Waals surface area contributed by atoms with Crippen LogP contribution in [0.3, 0.4) is 0 Å². The molecule has 1 aliphatic heterocycles. The quantitative estimate of drug-likeness (QED) is 0.644. The second-order valence-corrected chi connectivity index (χ2v) is 3.27. The van der Waals surface area contributed by atoms with Crippen molar-refractivity contribution >= 4 is 5.69 Å². The van der Waals surface area contributed by atoms with E-state index in [0.717, 1.165) is 24.2 Å². The highest BCUT2D eigenvalue weighted by molar-refractivity contribution is 5.54. The Balaban J connectivity index is 2.21. The molecule has 2 heterocycles. The van der Waals surface area contributed by atoms with Crippen molar-refractivity contribution in [2.75, 3.05) is 18.0 Å². The van der Waals surface area contributed by atoms with Gasteiger partial charge < -0.3 is 4.90 Å². The van der Waals surface area contributed by atoms with Gasteiger partial charge >= 0.3 is 0 Å². The van der Waals surface area contributed by atoms with Crippen LogP contribution >= 0.6 is 0 Å². The van der Waals surface area contributed by atoms with Gasteiger partial charge in [0.15, 0.2) is 0 Å². The molecule has 0 spiro atoms. The van der Waals surface area contributed by atoms with Crippen molar-refractivity contribution in [3.05, 3.63) is 48.8 Å². The molecule has 1 aromatic rings. The van der Waals surface area contributed by atoms with Crippen LogP contribution in [-0.2, 0) is 0 Å². The van der Waals surface area contributed by atoms with Crippen LogP contribution in [0.15, 0.2) is 48.8 Å². The fourth-order valence-corrected chi connectivity index (χ4v) is 1.48. The van der Waals surface area contributed by atoms with Crippen molar-refractivity contribution < 1.29 is 0 Å². The van der Waals surface area contributed by atoms with Crippen LogP contribution in [0.2, 0.25) is 0 Å². The predicted octanol–water partition coefficient (Wildman–Crippen LogP) is 2.01. The lowest BCUT2D eigenvalue weighted by molar-refractivity contribution is 1.01. The van der Waals surface area contributed by atoms with Crippen molar-refractivity contribution in [2.24, 2.45) is 0 Å². The molecule has 0 atom stereocenters. The van der Waals surface area contributed by atoms with Gasteiger partial charge in [-0.3, -0.25) is 4.98 Å². The highest BCUT2D eigenvalue weighted by Crippen LogP contribution is 2.24. The number of anilines is 1. The van der Waals surface area contributed by atoms with Crippen molar-refractivity contribution in [1.29, 1.82) is 0 Å². The van der Waals surface area contributed by atoms with Gasteiger partial charge in [0.1, 0.15) is 0 Å². The third-order valence-electron chi connectivity index (χ3n) is 2.29. The first-order valence-corrected chi connectivity index (χ1v) is 4.28. The van der Waals surface area contributed by atoms with Crippen LogP contribution in [0, 0.1) is 0 Å². The van der Waals surface area contributed by atoms with E-state index in [1.807, 2.05) is 12.1 Å². The normalized spacial score (nSPS) is 16.8. The Morgan fingerprint density at radius 3 is 2.15 bits per heavy atom. The van der Waals surface area contributed by atoms with Crippen LogP contribution in [0.1, 0.15) is 0 Å². The van der Waals surface area contributed by atoms with Crippen LogP contribution in [0.5, 0.6) is 0 Å². The Morgan fingerprint density at radius 1 is 1.08 bits per heavy atom. The third kappa shape index (κ3) is 1.47. The molecule has 1 fully saturated rings. The van der Waals surface area contributed by atoms with E-state index >= 15 is 0 Å². The van der Waals surface area contributed by atoms with Gasteiger partial charge in [0.25, 0.3) is 0 Å². The molecule has 13 heavy (non-hydrogen) atoms. The first-order chi connectivity index (χ1) is 6.27. The number of hydrogen-bond donors (Lipinski definition) is 0. The second kappa shape index (κ2) is 3.05. The molecule has 0 N–H and O–H groups in total. The molecule has 1 aromatic heterocycles. The van der Waals surface area contributed by atoms with Crippen LogP contribution in [-0.4, -0.2) is 18.1 Å². The van der Waals surface area contributed by atoms with Gasteiger partial charge in [-0.15, -0.1) is 0 Å². The number of aromatic nitrogens is 1. The lowest BCUT2D eigenvalue weighted by Gasteiger charge is -2.15. The van der Waals surface area contributed by atoms with Gasteiger partial charge in [-0.2, -0.15) is 0 Å². The molecule has 0 bridgehead atoms. The van der Waals surface area contributed by atoms with E-state index in [4.69, 9.17) is 0 Å². The van der Waals surface area contributed by atoms with Crippen molar-refractivity contribution in [3.8, 4) is 0 Å². The predicted molar refractivity (Wildman–Crippen MR) is 54.7 cm³/mol. The molecular formula is C11H12N2. The topological polar surface area (TPSA) is 16.1 Å². The molecule has 66 valence electrons. The standard InChI is InChI=1S/C11H12N2/c1-9-7-13(8-10(9)2)11-3-5-12-6-4-11/h3-6H,1-2,7-8H2. The van der Waals surface area contributed by atoms with E-state index in [2.05, 4.69) is 23.0 Å². The summed E-state index contributed by atoms with van der Waals surface area (Å²) in [5.74, 6) is 0. The van der Waals surface area contributed by atoms with E-state index in [9.17, 15) is 0 Å². The lowest BCUT2D eigenvalue weighted by atomic mass is 10.2. The van der Waals surface area contributed by atoms with Crippen LogP contribution < -0.4 is 4.90 Å². The Kier molecular flexibility index (Phi) is 1.89. The first-order valence-electron chi connectivity index (χ1n) is 4.28. The minimum Gasteiger partial charge on any atom is -0.363 e. The van der Waals surface area contributed by atoms with Gasteiger partial charge in [-0.25, -0.2) is 0 Å². The highest BCUT2D eigenvalue weighted by Gasteiger charge is 2.18. The summed E-state index contributed by atoms with van der Waals surface area (Å²) in [5, 5.41) is 0. The average molecular weight is 172 g/mol. The van der Waals surface area contributed by atoms with E-state index in [-0.39, 0.29) is 0 Å². The molecule has 2 rings (SSSR count). The molecule has 2 nitrogen and oxygen atoms in total. The number of pyridine rings is 1. The zero-order valence-electron chi connectivity index (χ0n) is 7.53. The molecule has 0 aromatic carbocycles. The van der Waals surface area contributed by atoms with Gasteiger partial charge in [0.2, 0.25) is 0 Å². The molecule has 0 radical (unpaired) electrons. The fourth-order valence-electron chi connectivity index (χ4n) is 1.48. The summed E-state index contributed by atoms with van der Waals surface area (Å²) >= 11 is 0. The van der Waals surface area contributed by atoms with Crippen molar-refractivity contribution in [2.45, 2.75) is 0 Å². The Hall–Kier alpha value is -1.57. The smallest absolute Gasteiger partial charge is 0.0430 e. The maximum Gasteiger partial charge on any atom is 0.0430 e. The summed E-state index contributed by atoms with van der Waals surface area (Å²) < 4.78 is 0.